The molecular formula is C11H13N5. The Labute approximate surface area is 93.3 Å². The Morgan fingerprint density at radius 1 is 1.38 bits per heavy atom. The van der Waals surface area contributed by atoms with Crippen molar-refractivity contribution in [3.63, 3.8) is 0 Å². The van der Waals surface area contributed by atoms with Crippen LogP contribution >= 0.6 is 0 Å². The van der Waals surface area contributed by atoms with Crippen LogP contribution in [0.5, 0.6) is 0 Å². The van der Waals surface area contributed by atoms with Crippen molar-refractivity contribution in [2.24, 2.45) is 5.73 Å². The first-order chi connectivity index (χ1) is 7.86. The summed E-state index contributed by atoms with van der Waals surface area (Å²) in [5.74, 6) is 0.623. The fourth-order valence-electron chi connectivity index (χ4n) is 2.27. The summed E-state index contributed by atoms with van der Waals surface area (Å²) in [6.07, 6.45) is 8.42. The molecule has 82 valence electrons. The summed E-state index contributed by atoms with van der Waals surface area (Å²) in [7, 11) is 0. The molecule has 0 aliphatic heterocycles. The zero-order chi connectivity index (χ0) is 11.0. The first kappa shape index (κ1) is 9.47. The molecule has 1 atom stereocenters. The summed E-state index contributed by atoms with van der Waals surface area (Å²) in [6.45, 7) is 0. The molecule has 3 rings (SSSR count). The van der Waals surface area contributed by atoms with E-state index in [1.807, 2.05) is 10.8 Å². The number of aromatic nitrogens is 4. The van der Waals surface area contributed by atoms with E-state index in [0.29, 0.717) is 5.95 Å². The molecule has 2 heterocycles. The van der Waals surface area contributed by atoms with Crippen LogP contribution in [0.4, 0.5) is 0 Å². The largest absolute Gasteiger partial charge is 0.324 e. The second-order valence-corrected chi connectivity index (χ2v) is 4.03. The minimum atomic E-state index is 0.154. The van der Waals surface area contributed by atoms with Gasteiger partial charge in [0.2, 0.25) is 0 Å². The monoisotopic (exact) mass is 215 g/mol. The number of hydrogen-bond donors (Lipinski definition) is 1. The molecule has 0 fully saturated rings. The van der Waals surface area contributed by atoms with Gasteiger partial charge >= 0.3 is 0 Å². The molecule has 2 aromatic heterocycles. The molecule has 0 saturated carbocycles. The standard InChI is InChI=1S/C11H13N5/c12-9-2-1-3-10-8(9)4-7-16(10)11-13-5-6-14-15-11/h4-7,9H,1-3,12H2. The van der Waals surface area contributed by atoms with E-state index < -0.39 is 0 Å². The summed E-state index contributed by atoms with van der Waals surface area (Å²) >= 11 is 0. The van der Waals surface area contributed by atoms with Gasteiger partial charge in [0, 0.05) is 17.9 Å². The maximum atomic E-state index is 6.07. The van der Waals surface area contributed by atoms with Crippen molar-refractivity contribution in [1.82, 2.24) is 19.7 Å². The SMILES string of the molecule is NC1CCCc2c1ccn2-c1nccnn1. The quantitative estimate of drug-likeness (QED) is 0.770. The predicted molar refractivity (Wildman–Crippen MR) is 59.0 cm³/mol. The van der Waals surface area contributed by atoms with Crippen LogP contribution in [-0.4, -0.2) is 19.7 Å². The third kappa shape index (κ3) is 1.40. The Kier molecular flexibility index (Phi) is 2.18. The Morgan fingerprint density at radius 2 is 2.31 bits per heavy atom. The van der Waals surface area contributed by atoms with Crippen LogP contribution < -0.4 is 5.73 Å². The second kappa shape index (κ2) is 3.68. The highest BCUT2D eigenvalue weighted by Gasteiger charge is 2.21. The molecule has 5 heteroatoms. The van der Waals surface area contributed by atoms with Crippen LogP contribution in [0.25, 0.3) is 5.95 Å². The first-order valence-electron chi connectivity index (χ1n) is 5.46. The molecule has 0 radical (unpaired) electrons. The van der Waals surface area contributed by atoms with E-state index in [2.05, 4.69) is 21.2 Å². The molecular weight excluding hydrogens is 202 g/mol. The highest BCUT2D eigenvalue weighted by molar-refractivity contribution is 5.33. The number of nitrogens with zero attached hydrogens (tertiary/aromatic N) is 4. The van der Waals surface area contributed by atoms with Crippen molar-refractivity contribution >= 4 is 0 Å². The Hall–Kier alpha value is -1.75. The summed E-state index contributed by atoms with van der Waals surface area (Å²) in [5.41, 5.74) is 8.52. The molecule has 2 N–H and O–H groups in total. The summed E-state index contributed by atoms with van der Waals surface area (Å²) in [4.78, 5) is 4.20. The fourth-order valence-corrected chi connectivity index (χ4v) is 2.27. The Bertz CT molecular complexity index is 490. The van der Waals surface area contributed by atoms with Crippen LogP contribution in [0.1, 0.15) is 30.1 Å². The van der Waals surface area contributed by atoms with Crippen LogP contribution in [0.15, 0.2) is 24.7 Å². The predicted octanol–water partition coefficient (Wildman–Crippen LogP) is 0.998. The van der Waals surface area contributed by atoms with Crippen LogP contribution in [-0.2, 0) is 6.42 Å². The third-order valence-corrected chi connectivity index (χ3v) is 3.04. The van der Waals surface area contributed by atoms with E-state index in [-0.39, 0.29) is 6.04 Å². The first-order valence-corrected chi connectivity index (χ1v) is 5.46. The molecule has 2 aromatic rings. The van der Waals surface area contributed by atoms with E-state index in [4.69, 9.17) is 5.73 Å². The van der Waals surface area contributed by atoms with Gasteiger partial charge in [-0.05, 0) is 30.9 Å². The van der Waals surface area contributed by atoms with Crippen LogP contribution in [0, 0.1) is 0 Å². The lowest BCUT2D eigenvalue weighted by molar-refractivity contribution is 0.557. The number of nitrogens with two attached hydrogens (primary N) is 1. The van der Waals surface area contributed by atoms with Crippen molar-refractivity contribution in [3.05, 3.63) is 35.9 Å². The summed E-state index contributed by atoms with van der Waals surface area (Å²) < 4.78 is 1.99. The van der Waals surface area contributed by atoms with Crippen LogP contribution in [0.3, 0.4) is 0 Å². The Balaban J connectivity index is 2.10. The normalized spacial score (nSPS) is 19.4. The zero-order valence-electron chi connectivity index (χ0n) is 8.87. The zero-order valence-corrected chi connectivity index (χ0v) is 8.87. The van der Waals surface area contributed by atoms with E-state index in [1.165, 1.54) is 11.3 Å². The van der Waals surface area contributed by atoms with E-state index in [0.717, 1.165) is 19.3 Å². The molecule has 0 spiro atoms. The van der Waals surface area contributed by atoms with Gasteiger partial charge in [0.05, 0.1) is 12.4 Å². The maximum absolute atomic E-state index is 6.07. The van der Waals surface area contributed by atoms with Gasteiger partial charge in [0.25, 0.3) is 5.95 Å². The molecule has 1 aliphatic carbocycles. The molecule has 1 aliphatic rings. The second-order valence-electron chi connectivity index (χ2n) is 4.03. The Morgan fingerprint density at radius 3 is 3.12 bits per heavy atom. The molecule has 0 bridgehead atoms. The van der Waals surface area contributed by atoms with Gasteiger partial charge in [0.1, 0.15) is 0 Å². The number of fused-ring (bicyclic) bond motifs is 1. The van der Waals surface area contributed by atoms with Gasteiger partial charge in [-0.25, -0.2) is 4.98 Å². The van der Waals surface area contributed by atoms with Gasteiger partial charge in [-0.15, -0.1) is 5.10 Å². The molecule has 0 aromatic carbocycles. The van der Waals surface area contributed by atoms with Gasteiger partial charge in [-0.1, -0.05) is 0 Å². The topological polar surface area (TPSA) is 69.6 Å². The highest BCUT2D eigenvalue weighted by atomic mass is 15.3. The van der Waals surface area contributed by atoms with E-state index in [1.54, 1.807) is 12.4 Å². The molecule has 0 amide bonds. The molecule has 5 nitrogen and oxygen atoms in total. The molecule has 1 unspecified atom stereocenters. The summed E-state index contributed by atoms with van der Waals surface area (Å²) in [6, 6.07) is 2.22. The lowest BCUT2D eigenvalue weighted by atomic mass is 9.94. The van der Waals surface area contributed by atoms with Crippen LogP contribution in [0.2, 0.25) is 0 Å². The third-order valence-electron chi connectivity index (χ3n) is 3.04. The number of rotatable bonds is 1. The van der Waals surface area contributed by atoms with E-state index in [9.17, 15) is 0 Å². The van der Waals surface area contributed by atoms with Crippen molar-refractivity contribution in [2.75, 3.05) is 0 Å². The van der Waals surface area contributed by atoms with Gasteiger partial charge in [0.15, 0.2) is 0 Å². The maximum Gasteiger partial charge on any atom is 0.253 e. The van der Waals surface area contributed by atoms with Gasteiger partial charge in [-0.2, -0.15) is 5.10 Å². The van der Waals surface area contributed by atoms with Crippen molar-refractivity contribution in [1.29, 1.82) is 0 Å². The smallest absolute Gasteiger partial charge is 0.253 e. The van der Waals surface area contributed by atoms with Gasteiger partial charge < -0.3 is 5.73 Å². The van der Waals surface area contributed by atoms with Gasteiger partial charge in [-0.3, -0.25) is 4.57 Å². The number of hydrogen-bond acceptors (Lipinski definition) is 4. The average molecular weight is 215 g/mol. The lowest BCUT2D eigenvalue weighted by Crippen LogP contribution is -2.18. The average Bonchev–Trinajstić information content (AvgIpc) is 2.75. The van der Waals surface area contributed by atoms with Crippen molar-refractivity contribution in [3.8, 4) is 5.95 Å². The molecule has 0 saturated heterocycles. The van der Waals surface area contributed by atoms with Crippen molar-refractivity contribution < 1.29 is 0 Å². The molecule has 16 heavy (non-hydrogen) atoms. The minimum Gasteiger partial charge on any atom is -0.324 e. The lowest BCUT2D eigenvalue weighted by Gasteiger charge is -2.20. The van der Waals surface area contributed by atoms with Crippen molar-refractivity contribution in [2.45, 2.75) is 25.3 Å². The minimum absolute atomic E-state index is 0.154. The summed E-state index contributed by atoms with van der Waals surface area (Å²) in [5, 5.41) is 7.86. The highest BCUT2D eigenvalue weighted by Crippen LogP contribution is 2.29. The fraction of sp³-hybridized carbons (Fsp3) is 0.364. The van der Waals surface area contributed by atoms with E-state index >= 15 is 0 Å².